The van der Waals surface area contributed by atoms with E-state index >= 15 is 0 Å². The van der Waals surface area contributed by atoms with Crippen molar-refractivity contribution < 1.29 is 19.4 Å². The van der Waals surface area contributed by atoms with Gasteiger partial charge in [0, 0.05) is 24.3 Å². The molecule has 0 spiro atoms. The average Bonchev–Trinajstić information content (AvgIpc) is 3.23. The summed E-state index contributed by atoms with van der Waals surface area (Å²) < 4.78 is 0. The van der Waals surface area contributed by atoms with Crippen LogP contribution < -0.4 is 15.1 Å². The van der Waals surface area contributed by atoms with E-state index in [1.54, 1.807) is 21.9 Å². The molecule has 2 heterocycles. The molecule has 1 saturated heterocycles. The molecular weight excluding hydrogens is 384 g/mol. The number of hydrogen-bond acceptors (Lipinski definition) is 3. The van der Waals surface area contributed by atoms with Crippen molar-refractivity contribution in [1.29, 1.82) is 0 Å². The summed E-state index contributed by atoms with van der Waals surface area (Å²) >= 11 is 1.82. The number of benzene rings is 1. The van der Waals surface area contributed by atoms with Crippen LogP contribution in [0.3, 0.4) is 0 Å². The Balaban J connectivity index is 1.47. The number of nitrogens with zero attached hydrogens (tertiary/aromatic N) is 1. The summed E-state index contributed by atoms with van der Waals surface area (Å²) in [7, 11) is 0. The second-order valence-electron chi connectivity index (χ2n) is 7.54. The maximum absolute atomic E-state index is 12.5. The molecule has 156 valence electrons. The number of quaternary nitrogens is 2. The number of anilines is 1. The summed E-state index contributed by atoms with van der Waals surface area (Å²) in [5, 5.41) is 5.10. The molecule has 1 aromatic carbocycles. The number of amides is 2. The van der Waals surface area contributed by atoms with Gasteiger partial charge in [0.25, 0.3) is 11.8 Å². The third-order valence-electron chi connectivity index (χ3n) is 5.52. The Labute approximate surface area is 177 Å². The van der Waals surface area contributed by atoms with Gasteiger partial charge in [-0.05, 0) is 43.5 Å². The van der Waals surface area contributed by atoms with Crippen LogP contribution in [-0.2, 0) is 11.3 Å². The molecule has 3 N–H and O–H groups in total. The summed E-state index contributed by atoms with van der Waals surface area (Å²) in [6, 6.07) is 11.6. The van der Waals surface area contributed by atoms with Crippen molar-refractivity contribution in [1.82, 2.24) is 4.90 Å². The number of hydrogen-bond donors (Lipinski definition) is 3. The van der Waals surface area contributed by atoms with Gasteiger partial charge >= 0.3 is 0 Å². The van der Waals surface area contributed by atoms with Crippen molar-refractivity contribution in [3.8, 4) is 0 Å². The fourth-order valence-electron chi connectivity index (χ4n) is 3.83. The van der Waals surface area contributed by atoms with E-state index < -0.39 is 0 Å². The number of rotatable bonds is 8. The minimum absolute atomic E-state index is 0.00145. The molecule has 1 fully saturated rings. The lowest BCUT2D eigenvalue weighted by atomic mass is 10.1. The first-order valence-electron chi connectivity index (χ1n) is 10.5. The molecule has 3 rings (SSSR count). The van der Waals surface area contributed by atoms with Crippen molar-refractivity contribution in [2.75, 3.05) is 51.1 Å². The molecule has 0 bridgehead atoms. The lowest BCUT2D eigenvalue weighted by molar-refractivity contribution is -1.01. The zero-order chi connectivity index (χ0) is 20.6. The summed E-state index contributed by atoms with van der Waals surface area (Å²) in [6.07, 6.45) is 0. The van der Waals surface area contributed by atoms with Crippen molar-refractivity contribution in [3.05, 3.63) is 52.2 Å². The number of carbonyl (C=O) groups excluding carboxylic acids is 2. The Morgan fingerprint density at radius 1 is 1.03 bits per heavy atom. The van der Waals surface area contributed by atoms with Crippen molar-refractivity contribution >= 4 is 28.8 Å². The Hall–Kier alpha value is -2.22. The van der Waals surface area contributed by atoms with Crippen molar-refractivity contribution in [2.24, 2.45) is 0 Å². The van der Waals surface area contributed by atoms with Crippen LogP contribution in [0.25, 0.3) is 0 Å². The molecule has 29 heavy (non-hydrogen) atoms. The first-order chi connectivity index (χ1) is 14.1. The highest BCUT2D eigenvalue weighted by Crippen LogP contribution is 2.12. The Bertz CT molecular complexity index is 797. The van der Waals surface area contributed by atoms with E-state index in [2.05, 4.69) is 22.8 Å². The van der Waals surface area contributed by atoms with Crippen LogP contribution in [0, 0.1) is 0 Å². The first-order valence-corrected chi connectivity index (χ1v) is 11.4. The molecule has 0 unspecified atom stereocenters. The van der Waals surface area contributed by atoms with E-state index in [1.807, 2.05) is 37.3 Å². The van der Waals surface area contributed by atoms with Crippen LogP contribution in [0.5, 0.6) is 0 Å². The molecule has 1 aliphatic heterocycles. The van der Waals surface area contributed by atoms with E-state index in [0.29, 0.717) is 30.9 Å². The van der Waals surface area contributed by atoms with E-state index in [0.717, 1.165) is 32.7 Å². The van der Waals surface area contributed by atoms with Crippen LogP contribution in [0.4, 0.5) is 5.69 Å². The van der Waals surface area contributed by atoms with Gasteiger partial charge in [-0.2, -0.15) is 0 Å². The molecule has 0 aliphatic carbocycles. The fourth-order valence-corrected chi connectivity index (χ4v) is 4.60. The van der Waals surface area contributed by atoms with E-state index in [9.17, 15) is 9.59 Å². The highest BCUT2D eigenvalue weighted by atomic mass is 32.1. The van der Waals surface area contributed by atoms with Crippen LogP contribution in [0.1, 0.15) is 29.1 Å². The molecule has 7 heteroatoms. The lowest BCUT2D eigenvalue weighted by Crippen LogP contribution is -3.28. The summed E-state index contributed by atoms with van der Waals surface area (Å²) in [4.78, 5) is 31.2. The standard InChI is InChI=1S/C22H30N4O2S/c1-3-26(4-2)22(28)18-7-5-8-19(15-18)23-21(27)17-25-12-10-24(11-13-25)16-20-9-6-14-29-20/h5-9,14-15H,3-4,10-13,16-17H2,1-2H3,(H,23,27)/p+2. The van der Waals surface area contributed by atoms with Crippen molar-refractivity contribution in [3.63, 3.8) is 0 Å². The predicted octanol–water partition coefficient (Wildman–Crippen LogP) is 0.152. The lowest BCUT2D eigenvalue weighted by Gasteiger charge is -2.29. The molecule has 2 aromatic rings. The Morgan fingerprint density at radius 2 is 1.76 bits per heavy atom. The first kappa shape index (κ1) is 21.5. The zero-order valence-electron chi connectivity index (χ0n) is 17.4. The number of carbonyl (C=O) groups is 2. The van der Waals surface area contributed by atoms with Gasteiger partial charge in [0.1, 0.15) is 32.7 Å². The van der Waals surface area contributed by atoms with E-state index in [4.69, 9.17) is 0 Å². The largest absolute Gasteiger partial charge is 0.339 e. The number of piperazine rings is 1. The quantitative estimate of drug-likeness (QED) is 0.574. The second-order valence-corrected chi connectivity index (χ2v) is 8.57. The molecule has 0 saturated carbocycles. The monoisotopic (exact) mass is 416 g/mol. The Kier molecular flexibility index (Phi) is 7.80. The SMILES string of the molecule is CCN(CC)C(=O)c1cccc(NC(=O)C[NH+]2CC[NH+](Cc3cccs3)CC2)c1. The number of nitrogens with one attached hydrogen (secondary N) is 3. The van der Waals surface area contributed by atoms with Gasteiger partial charge in [0.05, 0.1) is 4.88 Å². The van der Waals surface area contributed by atoms with Gasteiger partial charge in [0.2, 0.25) is 0 Å². The zero-order valence-corrected chi connectivity index (χ0v) is 18.2. The van der Waals surface area contributed by atoms with Gasteiger partial charge in [-0.3, -0.25) is 9.59 Å². The van der Waals surface area contributed by atoms with Crippen LogP contribution in [0.2, 0.25) is 0 Å². The summed E-state index contributed by atoms with van der Waals surface area (Å²) in [5.74, 6) is 0.00991. The van der Waals surface area contributed by atoms with Gasteiger partial charge in [-0.1, -0.05) is 12.1 Å². The maximum atomic E-state index is 12.5. The molecule has 0 atom stereocenters. The number of thiophene rings is 1. The van der Waals surface area contributed by atoms with E-state index in [-0.39, 0.29) is 11.8 Å². The summed E-state index contributed by atoms with van der Waals surface area (Å²) in [5.41, 5.74) is 1.30. The minimum atomic E-state index is 0.00145. The maximum Gasteiger partial charge on any atom is 0.279 e. The van der Waals surface area contributed by atoms with Crippen LogP contribution >= 0.6 is 11.3 Å². The van der Waals surface area contributed by atoms with Gasteiger partial charge in [-0.25, -0.2) is 0 Å². The molecule has 1 aliphatic rings. The Morgan fingerprint density at radius 3 is 2.41 bits per heavy atom. The highest BCUT2D eigenvalue weighted by molar-refractivity contribution is 7.09. The third-order valence-corrected chi connectivity index (χ3v) is 6.40. The van der Waals surface area contributed by atoms with Gasteiger partial charge in [-0.15, -0.1) is 11.3 Å². The molecule has 2 amide bonds. The molecule has 0 radical (unpaired) electrons. The van der Waals surface area contributed by atoms with Gasteiger partial charge in [0.15, 0.2) is 6.54 Å². The fraction of sp³-hybridized carbons (Fsp3) is 0.455. The molecule has 1 aromatic heterocycles. The van der Waals surface area contributed by atoms with Crippen molar-refractivity contribution in [2.45, 2.75) is 20.4 Å². The van der Waals surface area contributed by atoms with E-state index in [1.165, 1.54) is 9.78 Å². The molecular formula is C22H32N4O2S+2. The topological polar surface area (TPSA) is 58.3 Å². The smallest absolute Gasteiger partial charge is 0.279 e. The summed E-state index contributed by atoms with van der Waals surface area (Å²) in [6.45, 7) is 11.1. The molecule has 6 nitrogen and oxygen atoms in total. The van der Waals surface area contributed by atoms with Crippen LogP contribution in [0.15, 0.2) is 41.8 Å². The second kappa shape index (κ2) is 10.5. The third kappa shape index (κ3) is 6.13. The highest BCUT2D eigenvalue weighted by Gasteiger charge is 2.25. The average molecular weight is 417 g/mol. The normalized spacial score (nSPS) is 19.0. The van der Waals surface area contributed by atoms with Crippen LogP contribution in [-0.4, -0.2) is 62.5 Å². The minimum Gasteiger partial charge on any atom is -0.339 e. The van der Waals surface area contributed by atoms with Gasteiger partial charge < -0.3 is 20.0 Å². The predicted molar refractivity (Wildman–Crippen MR) is 117 cm³/mol.